The van der Waals surface area contributed by atoms with Gasteiger partial charge in [-0.15, -0.1) is 0 Å². The second-order valence-corrected chi connectivity index (χ2v) is 6.27. The molecule has 1 heterocycles. The van der Waals surface area contributed by atoms with Crippen LogP contribution in [0.15, 0.2) is 54.6 Å². The molecular formula is C20H22N4O2. The fraction of sp³-hybridized carbons (Fsp3) is 0.200. The van der Waals surface area contributed by atoms with Gasteiger partial charge in [0.1, 0.15) is 6.04 Å². The van der Waals surface area contributed by atoms with Crippen LogP contribution in [0.2, 0.25) is 0 Å². The van der Waals surface area contributed by atoms with Crippen molar-refractivity contribution in [1.29, 1.82) is 0 Å². The Kier molecular flexibility index (Phi) is 5.34. The zero-order valence-corrected chi connectivity index (χ0v) is 14.6. The SMILES string of the molecule is Cc1[nH]c2ccccc2c1CC(=O)NC(Cc1ccccc1)C(=O)NN. The standard InChI is InChI=1S/C20H22N4O2/c1-13-16(15-9-5-6-10-17(15)22-13)12-19(25)23-18(20(26)24-21)11-14-7-3-2-4-8-14/h2-10,18,22H,11-12,21H2,1H3,(H,23,25)(H,24,26). The summed E-state index contributed by atoms with van der Waals surface area (Å²) >= 11 is 0. The minimum absolute atomic E-state index is 0.193. The Morgan fingerprint density at radius 2 is 1.77 bits per heavy atom. The molecule has 0 fully saturated rings. The summed E-state index contributed by atoms with van der Waals surface area (Å²) in [7, 11) is 0. The maximum atomic E-state index is 12.6. The first-order valence-corrected chi connectivity index (χ1v) is 8.48. The van der Waals surface area contributed by atoms with Crippen LogP contribution < -0.4 is 16.6 Å². The van der Waals surface area contributed by atoms with Gasteiger partial charge in [0, 0.05) is 23.0 Å². The number of hydrazine groups is 1. The number of aromatic nitrogens is 1. The molecule has 0 saturated carbocycles. The number of nitrogens with one attached hydrogen (secondary N) is 3. The lowest BCUT2D eigenvalue weighted by atomic mass is 10.0. The van der Waals surface area contributed by atoms with Crippen LogP contribution in [0.4, 0.5) is 0 Å². The van der Waals surface area contributed by atoms with Gasteiger partial charge in [-0.3, -0.25) is 15.0 Å². The molecule has 3 aromatic rings. The van der Waals surface area contributed by atoms with Crippen LogP contribution in [0, 0.1) is 6.92 Å². The van der Waals surface area contributed by atoms with Crippen molar-refractivity contribution < 1.29 is 9.59 Å². The molecule has 0 saturated heterocycles. The first-order chi connectivity index (χ1) is 12.6. The van der Waals surface area contributed by atoms with E-state index in [1.807, 2.05) is 61.5 Å². The van der Waals surface area contributed by atoms with Gasteiger partial charge < -0.3 is 10.3 Å². The highest BCUT2D eigenvalue weighted by atomic mass is 16.2. The van der Waals surface area contributed by atoms with Crippen LogP contribution in [-0.2, 0) is 22.4 Å². The van der Waals surface area contributed by atoms with Crippen molar-refractivity contribution in [3.8, 4) is 0 Å². The maximum Gasteiger partial charge on any atom is 0.256 e. The summed E-state index contributed by atoms with van der Waals surface area (Å²) in [5, 5.41) is 3.82. The quantitative estimate of drug-likeness (QED) is 0.309. The number of benzene rings is 2. The van der Waals surface area contributed by atoms with E-state index in [9.17, 15) is 9.59 Å². The summed E-state index contributed by atoms with van der Waals surface area (Å²) in [6, 6.07) is 16.6. The number of carbonyl (C=O) groups excluding carboxylic acids is 2. The van der Waals surface area contributed by atoms with E-state index >= 15 is 0 Å². The number of carbonyl (C=O) groups is 2. The van der Waals surface area contributed by atoms with E-state index in [1.165, 1.54) is 0 Å². The van der Waals surface area contributed by atoms with Crippen LogP contribution in [0.3, 0.4) is 0 Å². The van der Waals surface area contributed by atoms with Gasteiger partial charge in [-0.05, 0) is 24.1 Å². The molecule has 5 N–H and O–H groups in total. The lowest BCUT2D eigenvalue weighted by molar-refractivity contribution is -0.128. The Hall–Kier alpha value is -3.12. The van der Waals surface area contributed by atoms with E-state index < -0.39 is 11.9 Å². The summed E-state index contributed by atoms with van der Waals surface area (Å²) in [6.07, 6.45) is 0.571. The van der Waals surface area contributed by atoms with Crippen LogP contribution >= 0.6 is 0 Å². The number of amides is 2. The number of aromatic amines is 1. The number of hydrogen-bond donors (Lipinski definition) is 4. The Balaban J connectivity index is 1.75. The largest absolute Gasteiger partial charge is 0.358 e. The number of nitrogens with two attached hydrogens (primary N) is 1. The third kappa shape index (κ3) is 3.92. The predicted octanol–water partition coefficient (Wildman–Crippen LogP) is 1.74. The van der Waals surface area contributed by atoms with E-state index in [-0.39, 0.29) is 12.3 Å². The van der Waals surface area contributed by atoms with Crippen molar-refractivity contribution in [2.75, 3.05) is 0 Å². The van der Waals surface area contributed by atoms with Gasteiger partial charge in [-0.25, -0.2) is 5.84 Å². The summed E-state index contributed by atoms with van der Waals surface area (Å²) in [4.78, 5) is 27.9. The summed E-state index contributed by atoms with van der Waals surface area (Å²) in [5.41, 5.74) is 5.96. The molecule has 134 valence electrons. The van der Waals surface area contributed by atoms with E-state index in [0.717, 1.165) is 27.7 Å². The van der Waals surface area contributed by atoms with Crippen LogP contribution in [0.1, 0.15) is 16.8 Å². The fourth-order valence-electron chi connectivity index (χ4n) is 3.13. The smallest absolute Gasteiger partial charge is 0.256 e. The molecule has 0 bridgehead atoms. The van der Waals surface area contributed by atoms with Crippen LogP contribution in [0.25, 0.3) is 10.9 Å². The summed E-state index contributed by atoms with van der Waals surface area (Å²) in [5.74, 6) is 4.64. The van der Waals surface area contributed by atoms with E-state index in [1.54, 1.807) is 0 Å². The van der Waals surface area contributed by atoms with Gasteiger partial charge in [0.25, 0.3) is 5.91 Å². The Bertz CT molecular complexity index is 918. The molecule has 6 nitrogen and oxygen atoms in total. The molecule has 2 amide bonds. The van der Waals surface area contributed by atoms with Crippen molar-refractivity contribution in [2.24, 2.45) is 5.84 Å². The van der Waals surface area contributed by atoms with Gasteiger partial charge in [0.05, 0.1) is 6.42 Å². The monoisotopic (exact) mass is 350 g/mol. The first kappa shape index (κ1) is 17.7. The molecule has 6 heteroatoms. The van der Waals surface area contributed by atoms with Crippen molar-refractivity contribution in [2.45, 2.75) is 25.8 Å². The maximum absolute atomic E-state index is 12.6. The number of hydrogen-bond acceptors (Lipinski definition) is 3. The number of fused-ring (bicyclic) bond motifs is 1. The van der Waals surface area contributed by atoms with E-state index in [4.69, 9.17) is 5.84 Å². The fourth-order valence-corrected chi connectivity index (χ4v) is 3.13. The van der Waals surface area contributed by atoms with Gasteiger partial charge in [-0.2, -0.15) is 0 Å². The minimum atomic E-state index is -0.722. The van der Waals surface area contributed by atoms with Gasteiger partial charge >= 0.3 is 0 Å². The lowest BCUT2D eigenvalue weighted by Crippen LogP contribution is -2.50. The number of rotatable bonds is 6. The van der Waals surface area contributed by atoms with Crippen molar-refractivity contribution in [3.05, 3.63) is 71.4 Å². The topological polar surface area (TPSA) is 100 Å². The van der Waals surface area contributed by atoms with Crippen molar-refractivity contribution in [1.82, 2.24) is 15.7 Å². The second kappa shape index (κ2) is 7.84. The molecule has 1 unspecified atom stereocenters. The molecule has 1 aromatic heterocycles. The summed E-state index contributed by atoms with van der Waals surface area (Å²) in [6.45, 7) is 1.94. The van der Waals surface area contributed by atoms with Crippen LogP contribution in [-0.4, -0.2) is 22.8 Å². The molecule has 2 aromatic carbocycles. The highest BCUT2D eigenvalue weighted by Crippen LogP contribution is 2.22. The summed E-state index contributed by atoms with van der Waals surface area (Å²) < 4.78 is 0. The number of para-hydroxylation sites is 1. The zero-order chi connectivity index (χ0) is 18.5. The average Bonchev–Trinajstić information content (AvgIpc) is 2.97. The van der Waals surface area contributed by atoms with Gasteiger partial charge in [-0.1, -0.05) is 48.5 Å². The van der Waals surface area contributed by atoms with E-state index in [2.05, 4.69) is 15.7 Å². The molecule has 0 radical (unpaired) electrons. The molecule has 0 aliphatic heterocycles. The minimum Gasteiger partial charge on any atom is -0.358 e. The van der Waals surface area contributed by atoms with E-state index in [0.29, 0.717) is 6.42 Å². The molecule has 0 spiro atoms. The highest BCUT2D eigenvalue weighted by Gasteiger charge is 2.21. The average molecular weight is 350 g/mol. The molecule has 26 heavy (non-hydrogen) atoms. The molecular weight excluding hydrogens is 328 g/mol. The Morgan fingerprint density at radius 3 is 2.50 bits per heavy atom. The first-order valence-electron chi connectivity index (χ1n) is 8.48. The Labute approximate surface area is 151 Å². The molecule has 0 aliphatic rings. The third-order valence-corrected chi connectivity index (χ3v) is 4.44. The zero-order valence-electron chi connectivity index (χ0n) is 14.6. The van der Waals surface area contributed by atoms with Gasteiger partial charge in [0.2, 0.25) is 5.91 Å². The predicted molar refractivity (Wildman–Crippen MR) is 101 cm³/mol. The van der Waals surface area contributed by atoms with Crippen molar-refractivity contribution in [3.63, 3.8) is 0 Å². The van der Waals surface area contributed by atoms with Gasteiger partial charge in [0.15, 0.2) is 0 Å². The molecule has 0 aliphatic carbocycles. The molecule has 3 rings (SSSR count). The van der Waals surface area contributed by atoms with Crippen LogP contribution in [0.5, 0.6) is 0 Å². The van der Waals surface area contributed by atoms with Crippen molar-refractivity contribution >= 4 is 22.7 Å². The normalized spacial score (nSPS) is 11.9. The third-order valence-electron chi connectivity index (χ3n) is 4.44. The number of aryl methyl sites for hydroxylation is 1. The second-order valence-electron chi connectivity index (χ2n) is 6.27. The highest BCUT2D eigenvalue weighted by molar-refractivity contribution is 5.92. The number of H-pyrrole nitrogens is 1. The lowest BCUT2D eigenvalue weighted by Gasteiger charge is -2.17. The Morgan fingerprint density at radius 1 is 1.08 bits per heavy atom. The molecule has 1 atom stereocenters.